The first-order chi connectivity index (χ1) is 10.2. The first kappa shape index (κ1) is 13.3. The van der Waals surface area contributed by atoms with Gasteiger partial charge < -0.3 is 15.4 Å². The fraction of sp³-hybridized carbons (Fsp3) is 0.385. The molecule has 0 amide bonds. The molecule has 1 aliphatic heterocycles. The van der Waals surface area contributed by atoms with E-state index in [0.717, 1.165) is 11.4 Å². The summed E-state index contributed by atoms with van der Waals surface area (Å²) in [6.07, 6.45) is 3.23. The molecule has 8 nitrogen and oxygen atoms in total. The monoisotopic (exact) mass is 285 g/mol. The molecule has 0 unspecified atom stereocenters. The summed E-state index contributed by atoms with van der Waals surface area (Å²) in [7, 11) is 1.72. The van der Waals surface area contributed by atoms with Crippen LogP contribution in [0.1, 0.15) is 17.3 Å². The van der Waals surface area contributed by atoms with Gasteiger partial charge in [0.05, 0.1) is 43.0 Å². The molecule has 0 radical (unpaired) electrons. The van der Waals surface area contributed by atoms with Crippen LogP contribution in [0.4, 0.5) is 17.5 Å². The zero-order valence-electron chi connectivity index (χ0n) is 11.8. The fourth-order valence-electron chi connectivity index (χ4n) is 2.11. The van der Waals surface area contributed by atoms with Crippen molar-refractivity contribution in [2.24, 2.45) is 0 Å². The zero-order chi connectivity index (χ0) is 14.8. The van der Waals surface area contributed by atoms with Crippen LogP contribution < -0.4 is 10.6 Å². The Hall–Kier alpha value is -2.66. The number of aromatic nitrogens is 4. The van der Waals surface area contributed by atoms with Crippen molar-refractivity contribution in [3.63, 3.8) is 0 Å². The van der Waals surface area contributed by atoms with Crippen molar-refractivity contribution in [3.05, 3.63) is 23.7 Å². The lowest BCUT2D eigenvalue weighted by Crippen LogP contribution is -2.32. The number of hydrogen-bond acceptors (Lipinski definition) is 7. The number of ether oxygens (including phenoxy) is 1. The van der Waals surface area contributed by atoms with Gasteiger partial charge in [-0.3, -0.25) is 4.68 Å². The maximum absolute atomic E-state index is 8.96. The van der Waals surface area contributed by atoms with E-state index in [0.29, 0.717) is 36.6 Å². The van der Waals surface area contributed by atoms with Crippen molar-refractivity contribution in [2.75, 3.05) is 30.9 Å². The Kier molecular flexibility index (Phi) is 3.41. The summed E-state index contributed by atoms with van der Waals surface area (Å²) < 4.78 is 7.12. The van der Waals surface area contributed by atoms with Crippen LogP contribution in [0.5, 0.6) is 0 Å². The van der Waals surface area contributed by atoms with Crippen molar-refractivity contribution in [1.29, 1.82) is 5.26 Å². The largest absolute Gasteiger partial charge is 0.377 e. The number of rotatable bonds is 4. The van der Waals surface area contributed by atoms with E-state index in [1.165, 1.54) is 6.20 Å². The van der Waals surface area contributed by atoms with Gasteiger partial charge in [0, 0.05) is 7.05 Å². The van der Waals surface area contributed by atoms with E-state index in [1.807, 2.05) is 17.7 Å². The lowest BCUT2D eigenvalue weighted by molar-refractivity contribution is -0.0294. The molecule has 0 atom stereocenters. The van der Waals surface area contributed by atoms with Crippen LogP contribution in [-0.4, -0.2) is 40.0 Å². The summed E-state index contributed by atoms with van der Waals surface area (Å²) in [5, 5.41) is 19.3. The molecule has 2 N–H and O–H groups in total. The number of nitriles is 1. The highest BCUT2D eigenvalue weighted by Gasteiger charge is 2.23. The second-order valence-corrected chi connectivity index (χ2v) is 4.72. The smallest absolute Gasteiger partial charge is 0.229 e. The zero-order valence-corrected chi connectivity index (χ0v) is 11.8. The first-order valence-corrected chi connectivity index (χ1v) is 6.56. The molecule has 108 valence electrons. The molecule has 21 heavy (non-hydrogen) atoms. The quantitative estimate of drug-likeness (QED) is 0.870. The minimum Gasteiger partial charge on any atom is -0.377 e. The minimum absolute atomic E-state index is 0.301. The number of nitrogens with one attached hydrogen (secondary N) is 2. The van der Waals surface area contributed by atoms with Crippen LogP contribution in [0.3, 0.4) is 0 Å². The van der Waals surface area contributed by atoms with Gasteiger partial charge >= 0.3 is 0 Å². The lowest BCUT2D eigenvalue weighted by Gasteiger charge is -2.27. The summed E-state index contributed by atoms with van der Waals surface area (Å²) in [4.78, 5) is 8.41. The Morgan fingerprint density at radius 1 is 1.43 bits per heavy atom. The molecule has 1 aliphatic rings. The van der Waals surface area contributed by atoms with Crippen LogP contribution in [0.25, 0.3) is 0 Å². The summed E-state index contributed by atoms with van der Waals surface area (Å²) >= 11 is 0. The van der Waals surface area contributed by atoms with Crippen molar-refractivity contribution in [1.82, 2.24) is 19.7 Å². The van der Waals surface area contributed by atoms with E-state index in [9.17, 15) is 0 Å². The van der Waals surface area contributed by atoms with Gasteiger partial charge in [0.1, 0.15) is 17.5 Å². The number of nitrogens with zero attached hydrogens (tertiary/aromatic N) is 5. The molecule has 0 aromatic carbocycles. The topological polar surface area (TPSA) is 101 Å². The van der Waals surface area contributed by atoms with E-state index < -0.39 is 0 Å². The van der Waals surface area contributed by atoms with Gasteiger partial charge in [0.15, 0.2) is 0 Å². The van der Waals surface area contributed by atoms with Gasteiger partial charge in [-0.25, -0.2) is 4.98 Å². The Morgan fingerprint density at radius 2 is 2.24 bits per heavy atom. The summed E-state index contributed by atoms with van der Waals surface area (Å²) in [6, 6.07) is 2.34. The Balaban J connectivity index is 1.83. The second kappa shape index (κ2) is 5.38. The summed E-state index contributed by atoms with van der Waals surface area (Å²) in [6.45, 7) is 3.37. The third kappa shape index (κ3) is 2.39. The molecule has 1 saturated heterocycles. The second-order valence-electron chi connectivity index (χ2n) is 4.72. The fourth-order valence-corrected chi connectivity index (χ4v) is 2.11. The molecule has 0 aliphatic carbocycles. The Morgan fingerprint density at radius 3 is 2.86 bits per heavy atom. The van der Waals surface area contributed by atoms with Gasteiger partial charge in [-0.1, -0.05) is 0 Å². The summed E-state index contributed by atoms with van der Waals surface area (Å²) in [5.41, 5.74) is 2.25. The summed E-state index contributed by atoms with van der Waals surface area (Å²) in [5.74, 6) is 0.915. The molecule has 8 heteroatoms. The van der Waals surface area contributed by atoms with Crippen molar-refractivity contribution in [2.45, 2.75) is 13.0 Å². The molecule has 3 heterocycles. The average molecular weight is 285 g/mol. The Labute approximate surface area is 121 Å². The third-order valence-electron chi connectivity index (χ3n) is 3.40. The average Bonchev–Trinajstić information content (AvgIpc) is 2.79. The third-order valence-corrected chi connectivity index (χ3v) is 3.40. The van der Waals surface area contributed by atoms with Crippen molar-refractivity contribution < 1.29 is 4.74 Å². The molecule has 0 saturated carbocycles. The molecule has 2 aromatic heterocycles. The van der Waals surface area contributed by atoms with Gasteiger partial charge in [-0.15, -0.1) is 0 Å². The van der Waals surface area contributed by atoms with Gasteiger partial charge in [-0.05, 0) is 6.92 Å². The van der Waals surface area contributed by atoms with E-state index >= 15 is 0 Å². The predicted molar refractivity (Wildman–Crippen MR) is 76.4 cm³/mol. The van der Waals surface area contributed by atoms with E-state index in [4.69, 9.17) is 10.00 Å². The van der Waals surface area contributed by atoms with Gasteiger partial charge in [0.2, 0.25) is 5.95 Å². The highest BCUT2D eigenvalue weighted by Crippen LogP contribution is 2.25. The SMILES string of the molecule is CNc1nc(Nc2cnn(C3COC3)c2C)ncc1C#N. The standard InChI is InChI=1S/C13H15N7O/c1-8-11(5-17-20(8)10-6-21-7-10)18-13-16-4-9(3-14)12(15-2)19-13/h4-5,10H,6-7H2,1-2H3,(H2,15,16,18,19). The highest BCUT2D eigenvalue weighted by molar-refractivity contribution is 5.59. The van der Waals surface area contributed by atoms with Crippen LogP contribution in [0.2, 0.25) is 0 Å². The predicted octanol–water partition coefficient (Wildman–Crippen LogP) is 1.21. The molecule has 1 fully saturated rings. The molecule has 0 spiro atoms. The molecule has 3 rings (SSSR count). The van der Waals surface area contributed by atoms with Crippen molar-refractivity contribution in [3.8, 4) is 6.07 Å². The van der Waals surface area contributed by atoms with E-state index in [1.54, 1.807) is 13.2 Å². The maximum atomic E-state index is 8.96. The number of hydrogen-bond donors (Lipinski definition) is 2. The van der Waals surface area contributed by atoms with Crippen LogP contribution >= 0.6 is 0 Å². The van der Waals surface area contributed by atoms with E-state index in [-0.39, 0.29) is 0 Å². The molecule has 2 aromatic rings. The first-order valence-electron chi connectivity index (χ1n) is 6.56. The van der Waals surface area contributed by atoms with Crippen LogP contribution in [-0.2, 0) is 4.74 Å². The number of anilines is 3. The normalized spacial score (nSPS) is 14.3. The molecule has 0 bridgehead atoms. The molecular weight excluding hydrogens is 270 g/mol. The van der Waals surface area contributed by atoms with Crippen LogP contribution in [0, 0.1) is 18.3 Å². The lowest BCUT2D eigenvalue weighted by atomic mass is 10.2. The highest BCUT2D eigenvalue weighted by atomic mass is 16.5. The minimum atomic E-state index is 0.301. The van der Waals surface area contributed by atoms with E-state index in [2.05, 4.69) is 25.7 Å². The van der Waals surface area contributed by atoms with Gasteiger partial charge in [0.25, 0.3) is 0 Å². The Bertz CT molecular complexity index is 699. The van der Waals surface area contributed by atoms with Crippen LogP contribution in [0.15, 0.2) is 12.4 Å². The van der Waals surface area contributed by atoms with Crippen molar-refractivity contribution >= 4 is 17.5 Å². The maximum Gasteiger partial charge on any atom is 0.229 e. The van der Waals surface area contributed by atoms with Gasteiger partial charge in [-0.2, -0.15) is 15.3 Å². The molecular formula is C13H15N7O.